The summed E-state index contributed by atoms with van der Waals surface area (Å²) in [6.45, 7) is 9.06. The lowest BCUT2D eigenvalue weighted by molar-refractivity contribution is 0.220. The van der Waals surface area contributed by atoms with Crippen LogP contribution in [0, 0.1) is 13.8 Å². The van der Waals surface area contributed by atoms with Crippen molar-refractivity contribution >= 4 is 0 Å². The van der Waals surface area contributed by atoms with Gasteiger partial charge in [0.2, 0.25) is 0 Å². The van der Waals surface area contributed by atoms with Crippen LogP contribution in [0.1, 0.15) is 30.7 Å². The third-order valence-corrected chi connectivity index (χ3v) is 3.45. The van der Waals surface area contributed by atoms with Crippen molar-refractivity contribution in [3.63, 3.8) is 0 Å². The molecule has 0 saturated carbocycles. The minimum absolute atomic E-state index is 1.09. The van der Waals surface area contributed by atoms with Gasteiger partial charge in [0.15, 0.2) is 0 Å². The lowest BCUT2D eigenvalue weighted by Gasteiger charge is -2.26. The molecule has 0 radical (unpaired) electrons. The van der Waals surface area contributed by atoms with Crippen LogP contribution in [-0.4, -0.2) is 34.1 Å². The summed E-state index contributed by atoms with van der Waals surface area (Å²) in [7, 11) is 0. The van der Waals surface area contributed by atoms with E-state index in [1.807, 2.05) is 6.33 Å². The van der Waals surface area contributed by atoms with Crippen LogP contribution in [-0.2, 0) is 6.54 Å². The van der Waals surface area contributed by atoms with Crippen molar-refractivity contribution in [2.75, 3.05) is 19.6 Å². The van der Waals surface area contributed by atoms with Crippen LogP contribution >= 0.6 is 0 Å². The second-order valence-corrected chi connectivity index (χ2v) is 4.51. The standard InChI is InChI=1S/C12H21N3/c1-11-12(2)15(10-13-11)9-8-14-6-4-3-5-7-14/h10H,3-9H2,1-2H3. The molecule has 0 amide bonds. The smallest absolute Gasteiger partial charge is 0.0951 e. The van der Waals surface area contributed by atoms with E-state index in [0.29, 0.717) is 0 Å². The van der Waals surface area contributed by atoms with Crippen molar-refractivity contribution in [1.29, 1.82) is 0 Å². The summed E-state index contributed by atoms with van der Waals surface area (Å²) in [6.07, 6.45) is 6.14. The van der Waals surface area contributed by atoms with Gasteiger partial charge in [-0.3, -0.25) is 0 Å². The van der Waals surface area contributed by atoms with Crippen LogP contribution in [0.4, 0.5) is 0 Å². The molecular formula is C12H21N3. The topological polar surface area (TPSA) is 21.1 Å². The maximum atomic E-state index is 4.32. The number of aryl methyl sites for hydroxylation is 1. The molecular weight excluding hydrogens is 186 g/mol. The number of likely N-dealkylation sites (tertiary alicyclic amines) is 1. The lowest BCUT2D eigenvalue weighted by atomic mass is 10.1. The highest BCUT2D eigenvalue weighted by Crippen LogP contribution is 2.09. The first-order valence-corrected chi connectivity index (χ1v) is 5.98. The molecule has 2 heterocycles. The van der Waals surface area contributed by atoms with E-state index >= 15 is 0 Å². The Morgan fingerprint density at radius 3 is 2.47 bits per heavy atom. The number of piperidine rings is 1. The Bertz CT molecular complexity index is 311. The molecule has 1 aliphatic heterocycles. The van der Waals surface area contributed by atoms with Crippen LogP contribution in [0.2, 0.25) is 0 Å². The zero-order valence-electron chi connectivity index (χ0n) is 9.87. The maximum absolute atomic E-state index is 4.32. The molecule has 15 heavy (non-hydrogen) atoms. The molecule has 0 unspecified atom stereocenters. The van der Waals surface area contributed by atoms with E-state index in [1.54, 1.807) is 0 Å². The molecule has 3 nitrogen and oxygen atoms in total. The number of nitrogens with zero attached hydrogens (tertiary/aromatic N) is 3. The molecule has 1 saturated heterocycles. The molecule has 1 aliphatic rings. The summed E-state index contributed by atoms with van der Waals surface area (Å²) in [5, 5.41) is 0. The van der Waals surface area contributed by atoms with E-state index in [1.165, 1.54) is 44.6 Å². The molecule has 0 bridgehead atoms. The van der Waals surface area contributed by atoms with Crippen LogP contribution < -0.4 is 0 Å². The van der Waals surface area contributed by atoms with Gasteiger partial charge in [0.25, 0.3) is 0 Å². The molecule has 1 aromatic heterocycles. The summed E-state index contributed by atoms with van der Waals surface area (Å²) in [6, 6.07) is 0. The van der Waals surface area contributed by atoms with Gasteiger partial charge in [-0.1, -0.05) is 6.42 Å². The highest BCUT2D eigenvalue weighted by molar-refractivity contribution is 5.08. The van der Waals surface area contributed by atoms with Gasteiger partial charge in [0.05, 0.1) is 12.0 Å². The summed E-state index contributed by atoms with van der Waals surface area (Å²) >= 11 is 0. The van der Waals surface area contributed by atoms with Gasteiger partial charge < -0.3 is 9.47 Å². The molecule has 0 aliphatic carbocycles. The lowest BCUT2D eigenvalue weighted by Crippen LogP contribution is -2.32. The van der Waals surface area contributed by atoms with Gasteiger partial charge in [-0.15, -0.1) is 0 Å². The Kier molecular flexibility index (Phi) is 3.41. The van der Waals surface area contributed by atoms with Crippen molar-refractivity contribution < 1.29 is 0 Å². The van der Waals surface area contributed by atoms with Crippen molar-refractivity contribution in [1.82, 2.24) is 14.5 Å². The Morgan fingerprint density at radius 1 is 1.13 bits per heavy atom. The average Bonchev–Trinajstić information content (AvgIpc) is 2.59. The highest BCUT2D eigenvalue weighted by atomic mass is 15.2. The fraction of sp³-hybridized carbons (Fsp3) is 0.750. The molecule has 84 valence electrons. The Hall–Kier alpha value is -0.830. The Labute approximate surface area is 92.1 Å². The number of hydrogen-bond donors (Lipinski definition) is 0. The minimum Gasteiger partial charge on any atom is -0.333 e. The molecule has 0 aromatic carbocycles. The third kappa shape index (κ3) is 2.59. The second kappa shape index (κ2) is 4.79. The fourth-order valence-corrected chi connectivity index (χ4v) is 2.20. The number of imidazole rings is 1. The summed E-state index contributed by atoms with van der Waals surface area (Å²) < 4.78 is 2.27. The zero-order valence-corrected chi connectivity index (χ0v) is 9.87. The van der Waals surface area contributed by atoms with Crippen molar-refractivity contribution in [3.05, 3.63) is 17.7 Å². The van der Waals surface area contributed by atoms with Crippen molar-refractivity contribution in [3.8, 4) is 0 Å². The number of aromatic nitrogens is 2. The van der Waals surface area contributed by atoms with Gasteiger partial charge in [0.1, 0.15) is 0 Å². The largest absolute Gasteiger partial charge is 0.333 e. The summed E-state index contributed by atoms with van der Waals surface area (Å²) in [4.78, 5) is 6.89. The number of hydrogen-bond acceptors (Lipinski definition) is 2. The quantitative estimate of drug-likeness (QED) is 0.755. The fourth-order valence-electron chi connectivity index (χ4n) is 2.20. The molecule has 1 aromatic rings. The first-order chi connectivity index (χ1) is 7.27. The normalized spacial score (nSPS) is 18.3. The molecule has 2 rings (SSSR count). The predicted molar refractivity (Wildman–Crippen MR) is 62.0 cm³/mol. The van der Waals surface area contributed by atoms with Crippen LogP contribution in [0.25, 0.3) is 0 Å². The van der Waals surface area contributed by atoms with Crippen LogP contribution in [0.5, 0.6) is 0 Å². The molecule has 0 spiro atoms. The summed E-state index contributed by atoms with van der Waals surface area (Å²) in [5.74, 6) is 0. The van der Waals surface area contributed by atoms with Crippen molar-refractivity contribution in [2.24, 2.45) is 0 Å². The monoisotopic (exact) mass is 207 g/mol. The highest BCUT2D eigenvalue weighted by Gasteiger charge is 2.10. The Morgan fingerprint density at radius 2 is 1.87 bits per heavy atom. The van der Waals surface area contributed by atoms with E-state index in [4.69, 9.17) is 0 Å². The molecule has 1 fully saturated rings. The van der Waals surface area contributed by atoms with E-state index in [9.17, 15) is 0 Å². The van der Waals surface area contributed by atoms with Gasteiger partial charge in [-0.05, 0) is 39.8 Å². The zero-order chi connectivity index (χ0) is 10.7. The van der Waals surface area contributed by atoms with E-state index in [-0.39, 0.29) is 0 Å². The van der Waals surface area contributed by atoms with Gasteiger partial charge >= 0.3 is 0 Å². The predicted octanol–water partition coefficient (Wildman–Crippen LogP) is 1.99. The van der Waals surface area contributed by atoms with Gasteiger partial charge in [0, 0.05) is 18.8 Å². The first-order valence-electron chi connectivity index (χ1n) is 5.98. The minimum atomic E-state index is 1.09. The van der Waals surface area contributed by atoms with E-state index in [2.05, 4.69) is 28.3 Å². The third-order valence-electron chi connectivity index (χ3n) is 3.45. The van der Waals surface area contributed by atoms with Crippen LogP contribution in [0.3, 0.4) is 0 Å². The molecule has 0 atom stereocenters. The first kappa shape index (κ1) is 10.7. The number of rotatable bonds is 3. The molecule has 3 heteroatoms. The van der Waals surface area contributed by atoms with Crippen LogP contribution in [0.15, 0.2) is 6.33 Å². The SMILES string of the molecule is Cc1ncn(CCN2CCCCC2)c1C. The van der Waals surface area contributed by atoms with Gasteiger partial charge in [-0.25, -0.2) is 4.98 Å². The Balaban J connectivity index is 1.84. The van der Waals surface area contributed by atoms with Crippen molar-refractivity contribution in [2.45, 2.75) is 39.7 Å². The summed E-state index contributed by atoms with van der Waals surface area (Å²) in [5.41, 5.74) is 2.47. The molecule has 0 N–H and O–H groups in total. The average molecular weight is 207 g/mol. The van der Waals surface area contributed by atoms with E-state index in [0.717, 1.165) is 12.2 Å². The maximum Gasteiger partial charge on any atom is 0.0951 e. The van der Waals surface area contributed by atoms with E-state index < -0.39 is 0 Å². The second-order valence-electron chi connectivity index (χ2n) is 4.51. The van der Waals surface area contributed by atoms with Gasteiger partial charge in [-0.2, -0.15) is 0 Å².